The molecule has 1 saturated heterocycles. The summed E-state index contributed by atoms with van der Waals surface area (Å²) in [6.45, 7) is 7.44. The van der Waals surface area contributed by atoms with E-state index in [0.717, 1.165) is 56.1 Å². The second-order valence-electron chi connectivity index (χ2n) is 7.30. The zero-order valence-corrected chi connectivity index (χ0v) is 16.9. The molecule has 1 aromatic heterocycles. The second-order valence-corrected chi connectivity index (χ2v) is 7.30. The number of anilines is 3. The van der Waals surface area contributed by atoms with Crippen LogP contribution in [0.3, 0.4) is 0 Å². The molecule has 28 heavy (non-hydrogen) atoms. The molecule has 0 unspecified atom stereocenters. The molecular formula is C22H30N6. The predicted molar refractivity (Wildman–Crippen MR) is 114 cm³/mol. The Labute approximate surface area is 168 Å². The number of hydrogen-bond acceptors (Lipinski definition) is 6. The molecule has 0 radical (unpaired) electrons. The minimum atomic E-state index is 0.477. The molecule has 0 spiro atoms. The van der Waals surface area contributed by atoms with Crippen molar-refractivity contribution in [2.24, 2.45) is 0 Å². The lowest BCUT2D eigenvalue weighted by molar-refractivity contribution is 0.568. The zero-order valence-electron chi connectivity index (χ0n) is 16.9. The number of aromatic nitrogens is 2. The van der Waals surface area contributed by atoms with Crippen molar-refractivity contribution >= 4 is 17.5 Å². The fourth-order valence-electron chi connectivity index (χ4n) is 3.66. The molecule has 1 fully saturated rings. The van der Waals surface area contributed by atoms with Crippen LogP contribution in [-0.4, -0.2) is 35.6 Å². The zero-order chi connectivity index (χ0) is 19.8. The van der Waals surface area contributed by atoms with Crippen LogP contribution in [0.2, 0.25) is 0 Å². The van der Waals surface area contributed by atoms with Crippen molar-refractivity contribution in [2.45, 2.75) is 52.0 Å². The van der Waals surface area contributed by atoms with Gasteiger partial charge in [-0.3, -0.25) is 0 Å². The largest absolute Gasteiger partial charge is 0.352 e. The summed E-state index contributed by atoms with van der Waals surface area (Å²) >= 11 is 0. The van der Waals surface area contributed by atoms with Gasteiger partial charge in [0.05, 0.1) is 11.6 Å². The Morgan fingerprint density at radius 1 is 1.21 bits per heavy atom. The van der Waals surface area contributed by atoms with E-state index in [1.165, 1.54) is 12.8 Å². The third-order valence-corrected chi connectivity index (χ3v) is 5.00. The normalized spacial score (nSPS) is 16.2. The van der Waals surface area contributed by atoms with Gasteiger partial charge in [0.25, 0.3) is 0 Å². The second kappa shape index (κ2) is 10.0. The van der Waals surface area contributed by atoms with E-state index in [2.05, 4.69) is 41.5 Å². The van der Waals surface area contributed by atoms with Crippen LogP contribution in [-0.2, 0) is 6.42 Å². The van der Waals surface area contributed by atoms with E-state index in [0.29, 0.717) is 17.6 Å². The van der Waals surface area contributed by atoms with Crippen molar-refractivity contribution in [1.82, 2.24) is 15.3 Å². The molecule has 6 nitrogen and oxygen atoms in total. The van der Waals surface area contributed by atoms with Crippen LogP contribution in [0.4, 0.5) is 17.5 Å². The molecule has 2 N–H and O–H groups in total. The first-order valence-corrected chi connectivity index (χ1v) is 10.4. The standard InChI is InChI=1S/C22H30N6/c1-3-7-18-14-21(28-12-6-10-20(28)16-24-11-4-2)27-22(25-18)26-19-9-5-8-17(13-19)15-23/h5,8-9,13-14,20,24H,3-4,6-7,10-12,16H2,1-2H3,(H,25,26,27)/t20-/m0/s1. The first-order chi connectivity index (χ1) is 13.7. The molecule has 0 aliphatic carbocycles. The lowest BCUT2D eigenvalue weighted by atomic mass is 10.2. The van der Waals surface area contributed by atoms with Gasteiger partial charge >= 0.3 is 0 Å². The van der Waals surface area contributed by atoms with Crippen molar-refractivity contribution in [3.8, 4) is 6.07 Å². The number of nitrogens with zero attached hydrogens (tertiary/aromatic N) is 4. The molecule has 1 atom stereocenters. The highest BCUT2D eigenvalue weighted by atomic mass is 15.3. The SMILES string of the molecule is CCCNC[C@@H]1CCCN1c1cc(CCC)nc(Nc2cccc(C#N)c2)n1. The van der Waals surface area contributed by atoms with Gasteiger partial charge in [-0.05, 0) is 50.4 Å². The molecule has 148 valence electrons. The van der Waals surface area contributed by atoms with Gasteiger partial charge in [0.2, 0.25) is 5.95 Å². The van der Waals surface area contributed by atoms with Crippen molar-refractivity contribution < 1.29 is 0 Å². The van der Waals surface area contributed by atoms with Gasteiger partial charge in [-0.25, -0.2) is 4.98 Å². The number of hydrogen-bond donors (Lipinski definition) is 2. The topological polar surface area (TPSA) is 76.9 Å². The van der Waals surface area contributed by atoms with Crippen molar-refractivity contribution in [1.29, 1.82) is 5.26 Å². The van der Waals surface area contributed by atoms with Crippen molar-refractivity contribution in [2.75, 3.05) is 29.9 Å². The van der Waals surface area contributed by atoms with Crippen LogP contribution in [0.5, 0.6) is 0 Å². The Hall–Kier alpha value is -2.65. The van der Waals surface area contributed by atoms with E-state index in [4.69, 9.17) is 15.2 Å². The van der Waals surface area contributed by atoms with Crippen LogP contribution in [0.25, 0.3) is 0 Å². The van der Waals surface area contributed by atoms with Crippen LogP contribution in [0.15, 0.2) is 30.3 Å². The number of rotatable bonds is 9. The van der Waals surface area contributed by atoms with Gasteiger partial charge in [-0.2, -0.15) is 10.2 Å². The van der Waals surface area contributed by atoms with Gasteiger partial charge in [-0.15, -0.1) is 0 Å². The first kappa shape index (κ1) is 20.1. The molecule has 1 aromatic carbocycles. The van der Waals surface area contributed by atoms with E-state index >= 15 is 0 Å². The van der Waals surface area contributed by atoms with E-state index < -0.39 is 0 Å². The van der Waals surface area contributed by atoms with Crippen molar-refractivity contribution in [3.05, 3.63) is 41.6 Å². The molecule has 1 aliphatic heterocycles. The first-order valence-electron chi connectivity index (χ1n) is 10.4. The fraction of sp³-hybridized carbons (Fsp3) is 0.500. The van der Waals surface area contributed by atoms with Gasteiger partial charge in [0.15, 0.2) is 0 Å². The van der Waals surface area contributed by atoms with Crippen molar-refractivity contribution in [3.63, 3.8) is 0 Å². The fourth-order valence-corrected chi connectivity index (χ4v) is 3.66. The summed E-state index contributed by atoms with van der Waals surface area (Å²) in [4.78, 5) is 11.9. The minimum Gasteiger partial charge on any atom is -0.352 e. The lowest BCUT2D eigenvalue weighted by Crippen LogP contribution is -2.38. The van der Waals surface area contributed by atoms with Gasteiger partial charge in [-0.1, -0.05) is 26.3 Å². The Balaban J connectivity index is 1.83. The maximum Gasteiger partial charge on any atom is 0.229 e. The maximum atomic E-state index is 9.13. The molecule has 2 aromatic rings. The van der Waals surface area contributed by atoms with E-state index in [1.54, 1.807) is 6.07 Å². The van der Waals surface area contributed by atoms with E-state index in [9.17, 15) is 0 Å². The van der Waals surface area contributed by atoms with Crippen LogP contribution in [0.1, 0.15) is 50.8 Å². The summed E-state index contributed by atoms with van der Waals surface area (Å²) in [7, 11) is 0. The van der Waals surface area contributed by atoms with Gasteiger partial charge in [0, 0.05) is 36.6 Å². The highest BCUT2D eigenvalue weighted by Crippen LogP contribution is 2.26. The third-order valence-electron chi connectivity index (χ3n) is 5.00. The Morgan fingerprint density at radius 2 is 2.11 bits per heavy atom. The lowest BCUT2D eigenvalue weighted by Gasteiger charge is -2.27. The quantitative estimate of drug-likeness (QED) is 0.642. The van der Waals surface area contributed by atoms with E-state index in [1.807, 2.05) is 18.2 Å². The number of benzene rings is 1. The van der Waals surface area contributed by atoms with Crippen LogP contribution >= 0.6 is 0 Å². The van der Waals surface area contributed by atoms with E-state index in [-0.39, 0.29) is 0 Å². The van der Waals surface area contributed by atoms with Crippen LogP contribution in [0, 0.1) is 11.3 Å². The summed E-state index contributed by atoms with van der Waals surface area (Å²) in [6, 6.07) is 12.2. The maximum absolute atomic E-state index is 9.13. The molecular weight excluding hydrogens is 348 g/mol. The minimum absolute atomic E-state index is 0.477. The van der Waals surface area contributed by atoms with Gasteiger partial charge in [0.1, 0.15) is 5.82 Å². The third kappa shape index (κ3) is 5.20. The summed E-state index contributed by atoms with van der Waals surface area (Å²) in [6.07, 6.45) is 5.50. The molecule has 1 aliphatic rings. The molecule has 0 amide bonds. The van der Waals surface area contributed by atoms with Crippen LogP contribution < -0.4 is 15.5 Å². The number of nitrogens with one attached hydrogen (secondary N) is 2. The summed E-state index contributed by atoms with van der Waals surface area (Å²) in [5.74, 6) is 1.60. The molecule has 2 heterocycles. The summed E-state index contributed by atoms with van der Waals surface area (Å²) < 4.78 is 0. The molecule has 0 bridgehead atoms. The average Bonchev–Trinajstić information content (AvgIpc) is 3.17. The Kier molecular flexibility index (Phi) is 7.21. The average molecular weight is 379 g/mol. The highest BCUT2D eigenvalue weighted by Gasteiger charge is 2.26. The molecule has 3 rings (SSSR count). The molecule has 6 heteroatoms. The Morgan fingerprint density at radius 3 is 2.89 bits per heavy atom. The van der Waals surface area contributed by atoms with Gasteiger partial charge < -0.3 is 15.5 Å². The predicted octanol–water partition coefficient (Wildman–Crippen LogP) is 4.01. The highest BCUT2D eigenvalue weighted by molar-refractivity contribution is 5.58. The Bertz CT molecular complexity index is 813. The monoisotopic (exact) mass is 378 g/mol. The summed E-state index contributed by atoms with van der Waals surface area (Å²) in [5, 5.41) is 16.0. The molecule has 0 saturated carbocycles. The number of nitriles is 1. The number of aryl methyl sites for hydroxylation is 1. The smallest absolute Gasteiger partial charge is 0.229 e. The summed E-state index contributed by atoms with van der Waals surface area (Å²) in [5.41, 5.74) is 2.51.